The van der Waals surface area contributed by atoms with Crippen molar-refractivity contribution in [1.82, 2.24) is 0 Å². The second kappa shape index (κ2) is 8.50. The standard InChI is InChI=1S/C19H22O3S/c20-17-14-23-18(13-21-11-15-7-3-1-4-8-15)19(17)22-12-16-9-5-2-6-10-16/h1-10,17-20H,11-14H2/t17-,18-,19+/m1/s1. The van der Waals surface area contributed by atoms with Crippen molar-refractivity contribution < 1.29 is 14.6 Å². The van der Waals surface area contributed by atoms with Crippen LogP contribution in [0, 0.1) is 0 Å². The monoisotopic (exact) mass is 330 g/mol. The Labute approximate surface area is 141 Å². The summed E-state index contributed by atoms with van der Waals surface area (Å²) in [5.74, 6) is 0.707. The highest BCUT2D eigenvalue weighted by molar-refractivity contribution is 8.00. The van der Waals surface area contributed by atoms with Crippen LogP contribution in [0.1, 0.15) is 11.1 Å². The molecule has 3 nitrogen and oxygen atoms in total. The molecule has 0 saturated carbocycles. The fourth-order valence-corrected chi connectivity index (χ4v) is 3.93. The van der Waals surface area contributed by atoms with Gasteiger partial charge in [0.1, 0.15) is 0 Å². The van der Waals surface area contributed by atoms with Crippen LogP contribution in [0.25, 0.3) is 0 Å². The summed E-state index contributed by atoms with van der Waals surface area (Å²) in [4.78, 5) is 0. The predicted octanol–water partition coefficient (Wildman–Crippen LogP) is 3.26. The molecular formula is C19H22O3S. The Kier molecular flexibility index (Phi) is 6.11. The van der Waals surface area contributed by atoms with Crippen LogP contribution in [-0.2, 0) is 22.7 Å². The summed E-state index contributed by atoms with van der Waals surface area (Å²) >= 11 is 1.73. The molecule has 0 radical (unpaired) electrons. The summed E-state index contributed by atoms with van der Waals surface area (Å²) in [7, 11) is 0. The summed E-state index contributed by atoms with van der Waals surface area (Å²) in [6.45, 7) is 1.72. The molecule has 0 spiro atoms. The molecule has 3 atom stereocenters. The third kappa shape index (κ3) is 4.82. The zero-order chi connectivity index (χ0) is 15.9. The lowest BCUT2D eigenvalue weighted by Crippen LogP contribution is -2.34. The molecule has 0 aliphatic carbocycles. The maximum atomic E-state index is 10.2. The van der Waals surface area contributed by atoms with E-state index < -0.39 is 6.10 Å². The van der Waals surface area contributed by atoms with Gasteiger partial charge in [-0.1, -0.05) is 60.7 Å². The zero-order valence-electron chi connectivity index (χ0n) is 13.0. The van der Waals surface area contributed by atoms with Crippen molar-refractivity contribution in [3.8, 4) is 0 Å². The first-order valence-electron chi connectivity index (χ1n) is 7.90. The highest BCUT2D eigenvalue weighted by atomic mass is 32.2. The van der Waals surface area contributed by atoms with Gasteiger partial charge in [-0.15, -0.1) is 0 Å². The van der Waals surface area contributed by atoms with Gasteiger partial charge >= 0.3 is 0 Å². The number of hydrogen-bond donors (Lipinski definition) is 1. The Hall–Kier alpha value is -1.33. The average Bonchev–Trinajstić information content (AvgIpc) is 2.95. The van der Waals surface area contributed by atoms with Gasteiger partial charge < -0.3 is 14.6 Å². The van der Waals surface area contributed by atoms with E-state index in [9.17, 15) is 5.11 Å². The summed E-state index contributed by atoms with van der Waals surface area (Å²) in [6.07, 6.45) is -0.593. The minimum absolute atomic E-state index is 0.170. The lowest BCUT2D eigenvalue weighted by Gasteiger charge is -2.22. The first kappa shape index (κ1) is 16.5. The van der Waals surface area contributed by atoms with Gasteiger partial charge in [-0.2, -0.15) is 11.8 Å². The smallest absolute Gasteiger partial charge is 0.0987 e. The van der Waals surface area contributed by atoms with E-state index in [0.717, 1.165) is 11.1 Å². The van der Waals surface area contributed by atoms with Crippen LogP contribution in [0.3, 0.4) is 0 Å². The zero-order valence-corrected chi connectivity index (χ0v) is 13.8. The molecule has 1 N–H and O–H groups in total. The van der Waals surface area contributed by atoms with E-state index in [1.54, 1.807) is 11.8 Å². The van der Waals surface area contributed by atoms with Crippen molar-refractivity contribution in [3.05, 3.63) is 71.8 Å². The molecule has 1 heterocycles. The Morgan fingerprint density at radius 1 is 0.913 bits per heavy atom. The van der Waals surface area contributed by atoms with Gasteiger partial charge in [0.05, 0.1) is 37.3 Å². The third-order valence-electron chi connectivity index (χ3n) is 3.91. The number of rotatable bonds is 7. The van der Waals surface area contributed by atoms with Gasteiger partial charge in [-0.05, 0) is 11.1 Å². The first-order chi connectivity index (χ1) is 11.3. The largest absolute Gasteiger partial charge is 0.390 e. The molecule has 23 heavy (non-hydrogen) atoms. The lowest BCUT2D eigenvalue weighted by molar-refractivity contribution is -0.0423. The number of benzene rings is 2. The van der Waals surface area contributed by atoms with Crippen molar-refractivity contribution in [2.45, 2.75) is 30.7 Å². The number of aliphatic hydroxyl groups excluding tert-OH is 1. The van der Waals surface area contributed by atoms with Gasteiger partial charge in [0.15, 0.2) is 0 Å². The van der Waals surface area contributed by atoms with Crippen LogP contribution in [-0.4, -0.2) is 34.9 Å². The average molecular weight is 330 g/mol. The van der Waals surface area contributed by atoms with E-state index in [2.05, 4.69) is 12.1 Å². The van der Waals surface area contributed by atoms with E-state index >= 15 is 0 Å². The molecule has 1 aliphatic rings. The van der Waals surface area contributed by atoms with Crippen LogP contribution in [0.5, 0.6) is 0 Å². The van der Waals surface area contributed by atoms with Crippen molar-refractivity contribution >= 4 is 11.8 Å². The number of aliphatic hydroxyl groups is 1. The summed E-state index contributed by atoms with van der Waals surface area (Å²) in [6, 6.07) is 20.2. The fourth-order valence-electron chi connectivity index (χ4n) is 2.65. The minimum atomic E-state index is -0.422. The quantitative estimate of drug-likeness (QED) is 0.846. The Morgan fingerprint density at radius 2 is 1.52 bits per heavy atom. The van der Waals surface area contributed by atoms with Crippen LogP contribution < -0.4 is 0 Å². The van der Waals surface area contributed by atoms with Gasteiger partial charge in [0, 0.05) is 5.75 Å². The van der Waals surface area contributed by atoms with Gasteiger partial charge in [0.25, 0.3) is 0 Å². The van der Waals surface area contributed by atoms with Gasteiger partial charge in [0.2, 0.25) is 0 Å². The van der Waals surface area contributed by atoms with Crippen LogP contribution in [0.15, 0.2) is 60.7 Å². The number of thioether (sulfide) groups is 1. The molecule has 0 amide bonds. The molecule has 0 bridgehead atoms. The summed E-state index contributed by atoms with van der Waals surface area (Å²) < 4.78 is 11.8. The molecule has 4 heteroatoms. The molecule has 1 aliphatic heterocycles. The van der Waals surface area contributed by atoms with E-state index in [1.165, 1.54) is 0 Å². The van der Waals surface area contributed by atoms with Crippen molar-refractivity contribution in [3.63, 3.8) is 0 Å². The molecule has 1 saturated heterocycles. The van der Waals surface area contributed by atoms with Gasteiger partial charge in [-0.25, -0.2) is 0 Å². The fraction of sp³-hybridized carbons (Fsp3) is 0.368. The minimum Gasteiger partial charge on any atom is -0.390 e. The van der Waals surface area contributed by atoms with Crippen LogP contribution >= 0.6 is 11.8 Å². The SMILES string of the molecule is O[C@@H]1CS[C@H](COCc2ccccc2)[C@H]1OCc1ccccc1. The van der Waals surface area contributed by atoms with Crippen LogP contribution in [0.4, 0.5) is 0 Å². The van der Waals surface area contributed by atoms with Crippen molar-refractivity contribution in [2.75, 3.05) is 12.4 Å². The Balaban J connectivity index is 1.48. The molecule has 1 fully saturated rings. The predicted molar refractivity (Wildman–Crippen MR) is 93.4 cm³/mol. The number of ether oxygens (including phenoxy) is 2. The van der Waals surface area contributed by atoms with E-state index in [0.29, 0.717) is 25.6 Å². The van der Waals surface area contributed by atoms with E-state index in [4.69, 9.17) is 9.47 Å². The maximum absolute atomic E-state index is 10.2. The molecule has 2 aromatic rings. The maximum Gasteiger partial charge on any atom is 0.0987 e. The number of hydrogen-bond acceptors (Lipinski definition) is 4. The molecule has 3 rings (SSSR count). The van der Waals surface area contributed by atoms with Crippen molar-refractivity contribution in [2.24, 2.45) is 0 Å². The Morgan fingerprint density at radius 3 is 2.17 bits per heavy atom. The highest BCUT2D eigenvalue weighted by Gasteiger charge is 2.36. The second-order valence-electron chi connectivity index (χ2n) is 5.70. The first-order valence-corrected chi connectivity index (χ1v) is 8.94. The van der Waals surface area contributed by atoms with Crippen LogP contribution in [0.2, 0.25) is 0 Å². The summed E-state index contributed by atoms with van der Waals surface area (Å²) in [5.41, 5.74) is 2.29. The van der Waals surface area contributed by atoms with Gasteiger partial charge in [-0.3, -0.25) is 0 Å². The Bertz CT molecular complexity index is 576. The second-order valence-corrected chi connectivity index (χ2v) is 6.97. The molecular weight excluding hydrogens is 308 g/mol. The van der Waals surface area contributed by atoms with Crippen molar-refractivity contribution in [1.29, 1.82) is 0 Å². The molecule has 0 unspecified atom stereocenters. The molecule has 122 valence electrons. The van der Waals surface area contributed by atoms with E-state index in [1.807, 2.05) is 48.5 Å². The van der Waals surface area contributed by atoms with E-state index in [-0.39, 0.29) is 11.4 Å². The normalized spacial score (nSPS) is 24.0. The lowest BCUT2D eigenvalue weighted by atomic mass is 10.1. The topological polar surface area (TPSA) is 38.7 Å². The molecule has 0 aromatic heterocycles. The summed E-state index contributed by atoms with van der Waals surface area (Å²) in [5, 5.41) is 10.3. The third-order valence-corrected chi connectivity index (χ3v) is 5.27. The molecule has 2 aromatic carbocycles. The highest BCUT2D eigenvalue weighted by Crippen LogP contribution is 2.30.